The van der Waals surface area contributed by atoms with Crippen molar-refractivity contribution in [3.8, 4) is 11.4 Å². The van der Waals surface area contributed by atoms with Crippen LogP contribution in [0.15, 0.2) is 70.6 Å². The highest BCUT2D eigenvalue weighted by Crippen LogP contribution is 2.27. The second kappa shape index (κ2) is 9.41. The molecule has 3 aromatic carbocycles. The minimum absolute atomic E-state index is 0.106. The average molecular weight is 467 g/mol. The molecular formula is C24H19F2N3O3S. The number of amides is 1. The number of nitrogens with one attached hydrogen (secondary N) is 1. The molecule has 6 nitrogen and oxygen atoms in total. The molecule has 0 atom stereocenters. The summed E-state index contributed by atoms with van der Waals surface area (Å²) >= 11 is 0.967. The summed E-state index contributed by atoms with van der Waals surface area (Å²) in [5, 5.41) is 3.16. The van der Waals surface area contributed by atoms with Gasteiger partial charge in [-0.25, -0.2) is 13.8 Å². The first-order valence-electron chi connectivity index (χ1n) is 9.92. The minimum atomic E-state index is -0.912. The molecule has 0 saturated heterocycles. The van der Waals surface area contributed by atoms with Crippen LogP contribution >= 0.6 is 11.8 Å². The number of hydrogen-bond donors (Lipinski definition) is 1. The van der Waals surface area contributed by atoms with Gasteiger partial charge in [-0.3, -0.25) is 14.2 Å². The van der Waals surface area contributed by atoms with Crippen molar-refractivity contribution in [2.45, 2.75) is 12.1 Å². The Kier molecular flexibility index (Phi) is 6.41. The molecule has 168 valence electrons. The molecule has 0 unspecified atom stereocenters. The van der Waals surface area contributed by atoms with Crippen LogP contribution in [0, 0.1) is 18.6 Å². The Hall–Kier alpha value is -3.72. The molecule has 33 heavy (non-hydrogen) atoms. The van der Waals surface area contributed by atoms with Crippen molar-refractivity contribution in [1.29, 1.82) is 0 Å². The van der Waals surface area contributed by atoms with Gasteiger partial charge in [-0.05, 0) is 48.9 Å². The van der Waals surface area contributed by atoms with Crippen LogP contribution < -0.4 is 15.6 Å². The Bertz CT molecular complexity index is 1420. The first-order valence-corrected chi connectivity index (χ1v) is 10.9. The Labute approximate surface area is 192 Å². The van der Waals surface area contributed by atoms with E-state index in [1.54, 1.807) is 36.4 Å². The number of rotatable bonds is 6. The maximum Gasteiger partial charge on any atom is 0.266 e. The van der Waals surface area contributed by atoms with Gasteiger partial charge in [-0.2, -0.15) is 0 Å². The highest BCUT2D eigenvalue weighted by molar-refractivity contribution is 7.99. The van der Waals surface area contributed by atoms with E-state index < -0.39 is 17.2 Å². The number of benzene rings is 3. The summed E-state index contributed by atoms with van der Waals surface area (Å²) < 4.78 is 34.4. The van der Waals surface area contributed by atoms with E-state index in [1.807, 2.05) is 13.0 Å². The largest absolute Gasteiger partial charge is 0.495 e. The number of para-hydroxylation sites is 1. The molecule has 9 heteroatoms. The number of fused-ring (bicyclic) bond motifs is 1. The summed E-state index contributed by atoms with van der Waals surface area (Å²) in [6.07, 6.45) is 0. The third-order valence-corrected chi connectivity index (χ3v) is 5.80. The number of methoxy groups -OCH3 is 1. The van der Waals surface area contributed by atoms with Crippen LogP contribution in [0.25, 0.3) is 16.6 Å². The Morgan fingerprint density at radius 1 is 1.12 bits per heavy atom. The fourth-order valence-corrected chi connectivity index (χ4v) is 4.13. The van der Waals surface area contributed by atoms with Crippen LogP contribution in [0.3, 0.4) is 0 Å². The smallest absolute Gasteiger partial charge is 0.266 e. The molecule has 0 aliphatic heterocycles. The van der Waals surface area contributed by atoms with E-state index in [1.165, 1.54) is 13.2 Å². The van der Waals surface area contributed by atoms with Gasteiger partial charge in [0.2, 0.25) is 5.91 Å². The SMILES string of the molecule is COc1ccc(C)cc1NC(=O)CSc1nc2ccccc2c(=O)n1-c1ccc(F)cc1F. The number of aryl methyl sites for hydroxylation is 1. The molecule has 0 fully saturated rings. The number of ether oxygens (including phenoxy) is 1. The van der Waals surface area contributed by atoms with Crippen LogP contribution in [0.2, 0.25) is 0 Å². The molecule has 0 radical (unpaired) electrons. The van der Waals surface area contributed by atoms with Gasteiger partial charge < -0.3 is 10.1 Å². The minimum Gasteiger partial charge on any atom is -0.495 e. The molecule has 0 spiro atoms. The lowest BCUT2D eigenvalue weighted by Crippen LogP contribution is -2.24. The second-order valence-corrected chi connectivity index (χ2v) is 8.13. The van der Waals surface area contributed by atoms with Crippen LogP contribution in [0.1, 0.15) is 5.56 Å². The van der Waals surface area contributed by atoms with Crippen LogP contribution in [-0.2, 0) is 4.79 Å². The molecule has 4 aromatic rings. The maximum absolute atomic E-state index is 14.6. The Morgan fingerprint density at radius 3 is 2.67 bits per heavy atom. The van der Waals surface area contributed by atoms with Gasteiger partial charge >= 0.3 is 0 Å². The predicted molar refractivity (Wildman–Crippen MR) is 124 cm³/mol. The zero-order valence-electron chi connectivity index (χ0n) is 17.8. The quantitative estimate of drug-likeness (QED) is 0.328. The van der Waals surface area contributed by atoms with E-state index in [9.17, 15) is 18.4 Å². The van der Waals surface area contributed by atoms with Gasteiger partial charge in [-0.15, -0.1) is 0 Å². The molecule has 1 N–H and O–H groups in total. The zero-order valence-corrected chi connectivity index (χ0v) is 18.6. The molecule has 4 rings (SSSR count). The number of aromatic nitrogens is 2. The fraction of sp³-hybridized carbons (Fsp3) is 0.125. The fourth-order valence-electron chi connectivity index (χ4n) is 3.32. The molecule has 0 aliphatic carbocycles. The number of nitrogens with zero attached hydrogens (tertiary/aromatic N) is 2. The van der Waals surface area contributed by atoms with E-state index >= 15 is 0 Å². The van der Waals surface area contributed by atoms with Crippen molar-refractivity contribution < 1.29 is 18.3 Å². The lowest BCUT2D eigenvalue weighted by Gasteiger charge is -2.14. The molecular weight excluding hydrogens is 448 g/mol. The molecule has 0 saturated carbocycles. The summed E-state index contributed by atoms with van der Waals surface area (Å²) in [5.74, 6) is -1.64. The number of carbonyl (C=O) groups excluding carboxylic acids is 1. The van der Waals surface area contributed by atoms with Crippen molar-refractivity contribution in [1.82, 2.24) is 9.55 Å². The predicted octanol–water partition coefficient (Wildman–Crippen LogP) is 4.71. The first-order chi connectivity index (χ1) is 15.9. The van der Waals surface area contributed by atoms with Crippen LogP contribution in [0.5, 0.6) is 5.75 Å². The number of carbonyl (C=O) groups is 1. The normalized spacial score (nSPS) is 10.9. The van der Waals surface area contributed by atoms with Gasteiger partial charge in [0.1, 0.15) is 17.4 Å². The van der Waals surface area contributed by atoms with E-state index in [4.69, 9.17) is 4.74 Å². The van der Waals surface area contributed by atoms with Gasteiger partial charge in [0, 0.05) is 6.07 Å². The van der Waals surface area contributed by atoms with Crippen molar-refractivity contribution >= 4 is 34.3 Å². The first kappa shape index (κ1) is 22.5. The topological polar surface area (TPSA) is 73.2 Å². The van der Waals surface area contributed by atoms with Gasteiger partial charge in [0.25, 0.3) is 5.56 Å². The van der Waals surface area contributed by atoms with Gasteiger partial charge in [0.15, 0.2) is 5.16 Å². The molecule has 1 aromatic heterocycles. The monoisotopic (exact) mass is 467 g/mol. The summed E-state index contributed by atoms with van der Waals surface area (Å²) in [7, 11) is 1.50. The van der Waals surface area contributed by atoms with E-state index in [-0.39, 0.29) is 27.9 Å². The Morgan fingerprint density at radius 2 is 1.91 bits per heavy atom. The summed E-state index contributed by atoms with van der Waals surface area (Å²) in [6.45, 7) is 1.89. The van der Waals surface area contributed by atoms with E-state index in [0.717, 1.165) is 28.0 Å². The summed E-state index contributed by atoms with van der Waals surface area (Å²) in [6, 6.07) is 14.9. The van der Waals surface area contributed by atoms with Crippen molar-refractivity contribution in [3.63, 3.8) is 0 Å². The van der Waals surface area contributed by atoms with Crippen LogP contribution in [-0.4, -0.2) is 28.3 Å². The van der Waals surface area contributed by atoms with Crippen molar-refractivity contribution in [2.24, 2.45) is 0 Å². The number of halogens is 2. The average Bonchev–Trinajstić information content (AvgIpc) is 2.79. The second-order valence-electron chi connectivity index (χ2n) is 7.19. The number of anilines is 1. The molecule has 0 aliphatic rings. The van der Waals surface area contributed by atoms with Crippen LogP contribution in [0.4, 0.5) is 14.5 Å². The lowest BCUT2D eigenvalue weighted by atomic mass is 10.2. The van der Waals surface area contributed by atoms with E-state index in [0.29, 0.717) is 23.0 Å². The highest BCUT2D eigenvalue weighted by Gasteiger charge is 2.18. The maximum atomic E-state index is 14.6. The summed E-state index contributed by atoms with van der Waals surface area (Å²) in [4.78, 5) is 30.3. The zero-order chi connectivity index (χ0) is 23.5. The molecule has 1 amide bonds. The third-order valence-electron chi connectivity index (χ3n) is 4.86. The number of hydrogen-bond acceptors (Lipinski definition) is 5. The summed E-state index contributed by atoms with van der Waals surface area (Å²) in [5.41, 5.74) is 1.19. The van der Waals surface area contributed by atoms with Crippen molar-refractivity contribution in [3.05, 3.63) is 88.2 Å². The highest BCUT2D eigenvalue weighted by atomic mass is 32.2. The molecule has 0 bridgehead atoms. The van der Waals surface area contributed by atoms with E-state index in [2.05, 4.69) is 10.3 Å². The number of thioether (sulfide) groups is 1. The third kappa shape index (κ3) is 4.73. The van der Waals surface area contributed by atoms with Gasteiger partial charge in [0.05, 0.1) is 35.1 Å². The lowest BCUT2D eigenvalue weighted by molar-refractivity contribution is -0.113. The molecule has 1 heterocycles. The standard InChI is InChI=1S/C24H19F2N3O3S/c1-14-7-10-21(32-2)19(11-14)27-22(30)13-33-24-28-18-6-4-3-5-16(18)23(31)29(24)20-9-8-15(25)12-17(20)26/h3-12H,13H2,1-2H3,(H,27,30). The van der Waals surface area contributed by atoms with Gasteiger partial charge in [-0.1, -0.05) is 30.0 Å². The Balaban J connectivity index is 1.69. The van der Waals surface area contributed by atoms with Crippen molar-refractivity contribution in [2.75, 3.05) is 18.2 Å².